The zero-order valence-corrected chi connectivity index (χ0v) is 10.3. The summed E-state index contributed by atoms with van der Waals surface area (Å²) in [6, 6.07) is 2.48. The fraction of sp³-hybridized carbons (Fsp3) is 0.636. The first-order valence-electron chi connectivity index (χ1n) is 5.10. The third-order valence-electron chi connectivity index (χ3n) is 2.60. The minimum Gasteiger partial charge on any atom is -0.472 e. The van der Waals surface area contributed by atoms with E-state index in [1.807, 2.05) is 12.3 Å². The van der Waals surface area contributed by atoms with Crippen molar-refractivity contribution >= 4 is 11.8 Å². The molecular weight excluding hydrogens is 210 g/mol. The molecule has 0 spiro atoms. The first-order valence-corrected chi connectivity index (χ1v) is 6.39. The average Bonchev–Trinajstić information content (AvgIpc) is 2.72. The quantitative estimate of drug-likeness (QED) is 0.783. The summed E-state index contributed by atoms with van der Waals surface area (Å²) in [5.41, 5.74) is 1.14. The lowest BCUT2D eigenvalue weighted by molar-refractivity contribution is 0.271. The van der Waals surface area contributed by atoms with Crippen LogP contribution in [-0.2, 0) is 0 Å². The van der Waals surface area contributed by atoms with Crippen LogP contribution in [0.4, 0.5) is 0 Å². The highest BCUT2D eigenvalue weighted by atomic mass is 32.2. The van der Waals surface area contributed by atoms with Crippen molar-refractivity contribution in [3.63, 3.8) is 0 Å². The molecule has 1 rings (SSSR count). The first kappa shape index (κ1) is 12.6. The van der Waals surface area contributed by atoms with Gasteiger partial charge in [0.15, 0.2) is 0 Å². The second-order valence-corrected chi connectivity index (χ2v) is 4.77. The Morgan fingerprint density at radius 1 is 1.53 bits per heavy atom. The third kappa shape index (κ3) is 3.55. The molecule has 0 radical (unpaired) electrons. The normalized spacial score (nSPS) is 17.3. The molecule has 0 aliphatic rings. The van der Waals surface area contributed by atoms with Crippen molar-refractivity contribution < 1.29 is 9.52 Å². The molecule has 0 amide bonds. The number of furan rings is 1. The van der Waals surface area contributed by atoms with Gasteiger partial charge in [0, 0.05) is 22.9 Å². The van der Waals surface area contributed by atoms with Gasteiger partial charge in [0.1, 0.15) is 0 Å². The van der Waals surface area contributed by atoms with Gasteiger partial charge in [-0.1, -0.05) is 0 Å². The Morgan fingerprint density at radius 3 is 2.73 bits per heavy atom. The van der Waals surface area contributed by atoms with Gasteiger partial charge in [0.05, 0.1) is 19.1 Å². The number of hydrogen-bond donors (Lipinski definition) is 2. The Hall–Kier alpha value is -0.450. The van der Waals surface area contributed by atoms with Crippen LogP contribution in [0.25, 0.3) is 0 Å². The summed E-state index contributed by atoms with van der Waals surface area (Å²) in [6.07, 6.45) is 5.44. The largest absolute Gasteiger partial charge is 0.472 e. The van der Waals surface area contributed by atoms with Gasteiger partial charge < -0.3 is 14.8 Å². The standard InChI is InChI=1S/C11H19NO2S/c1-8(10-4-5-14-7-10)12-9(2)11(6-13)15-3/h4-5,7-9,11-13H,6H2,1-3H3. The first-order chi connectivity index (χ1) is 7.19. The number of aliphatic hydroxyl groups excluding tert-OH is 1. The van der Waals surface area contributed by atoms with Crippen LogP contribution in [0.2, 0.25) is 0 Å². The summed E-state index contributed by atoms with van der Waals surface area (Å²) >= 11 is 1.68. The van der Waals surface area contributed by atoms with Gasteiger partial charge in [0.25, 0.3) is 0 Å². The Kier molecular flexibility index (Phi) is 5.22. The molecule has 0 saturated heterocycles. The summed E-state index contributed by atoms with van der Waals surface area (Å²) in [6.45, 7) is 4.39. The van der Waals surface area contributed by atoms with Gasteiger partial charge in [-0.2, -0.15) is 11.8 Å². The van der Waals surface area contributed by atoms with Gasteiger partial charge in [-0.05, 0) is 26.2 Å². The molecule has 3 unspecified atom stereocenters. The summed E-state index contributed by atoms with van der Waals surface area (Å²) in [7, 11) is 0. The van der Waals surface area contributed by atoms with E-state index >= 15 is 0 Å². The van der Waals surface area contributed by atoms with Crippen LogP contribution in [0.15, 0.2) is 23.0 Å². The maximum atomic E-state index is 9.16. The molecule has 3 nitrogen and oxygen atoms in total. The monoisotopic (exact) mass is 229 g/mol. The minimum atomic E-state index is 0.202. The van der Waals surface area contributed by atoms with Gasteiger partial charge in [-0.25, -0.2) is 0 Å². The highest BCUT2D eigenvalue weighted by Crippen LogP contribution is 2.17. The predicted octanol–water partition coefficient (Wildman–Crippen LogP) is 2.04. The molecule has 1 aromatic heterocycles. The third-order valence-corrected chi connectivity index (χ3v) is 3.76. The summed E-state index contributed by atoms with van der Waals surface area (Å²) in [5, 5.41) is 12.8. The zero-order valence-electron chi connectivity index (χ0n) is 9.43. The van der Waals surface area contributed by atoms with Gasteiger partial charge in [-0.15, -0.1) is 0 Å². The Bertz CT molecular complexity index is 260. The second kappa shape index (κ2) is 6.20. The molecule has 1 heterocycles. The van der Waals surface area contributed by atoms with E-state index in [0.29, 0.717) is 0 Å². The Morgan fingerprint density at radius 2 is 2.27 bits per heavy atom. The van der Waals surface area contributed by atoms with E-state index in [2.05, 4.69) is 19.2 Å². The lowest BCUT2D eigenvalue weighted by Gasteiger charge is -2.24. The van der Waals surface area contributed by atoms with Crippen LogP contribution in [0, 0.1) is 0 Å². The van der Waals surface area contributed by atoms with Gasteiger partial charge >= 0.3 is 0 Å². The molecule has 4 heteroatoms. The number of thioether (sulfide) groups is 1. The maximum absolute atomic E-state index is 9.16. The molecule has 0 aliphatic carbocycles. The number of aliphatic hydroxyl groups is 1. The summed E-state index contributed by atoms with van der Waals surface area (Å²) < 4.78 is 5.04. The molecular formula is C11H19NO2S. The van der Waals surface area contributed by atoms with Crippen molar-refractivity contribution in [3.05, 3.63) is 24.2 Å². The molecule has 3 atom stereocenters. The van der Waals surface area contributed by atoms with Crippen molar-refractivity contribution in [2.45, 2.75) is 31.2 Å². The van der Waals surface area contributed by atoms with Gasteiger partial charge in [-0.3, -0.25) is 0 Å². The summed E-state index contributed by atoms with van der Waals surface area (Å²) in [5.74, 6) is 0. The molecule has 86 valence electrons. The smallest absolute Gasteiger partial charge is 0.0950 e. The zero-order chi connectivity index (χ0) is 11.3. The van der Waals surface area contributed by atoms with Crippen LogP contribution in [0.5, 0.6) is 0 Å². The highest BCUT2D eigenvalue weighted by Gasteiger charge is 2.17. The number of rotatable bonds is 6. The van der Waals surface area contributed by atoms with E-state index in [-0.39, 0.29) is 23.9 Å². The molecule has 0 aromatic carbocycles. The highest BCUT2D eigenvalue weighted by molar-refractivity contribution is 7.99. The molecule has 0 saturated carbocycles. The van der Waals surface area contributed by atoms with Crippen LogP contribution in [0.1, 0.15) is 25.5 Å². The van der Waals surface area contributed by atoms with Crippen molar-refractivity contribution in [3.8, 4) is 0 Å². The van der Waals surface area contributed by atoms with Crippen molar-refractivity contribution in [1.29, 1.82) is 0 Å². The fourth-order valence-electron chi connectivity index (χ4n) is 1.56. The van der Waals surface area contributed by atoms with E-state index in [9.17, 15) is 0 Å². The number of hydrogen-bond acceptors (Lipinski definition) is 4. The predicted molar refractivity (Wildman–Crippen MR) is 64.1 cm³/mol. The Labute approximate surface area is 95.2 Å². The van der Waals surface area contributed by atoms with Gasteiger partial charge in [0.2, 0.25) is 0 Å². The molecule has 0 aliphatic heterocycles. The van der Waals surface area contributed by atoms with Crippen LogP contribution >= 0.6 is 11.8 Å². The second-order valence-electron chi connectivity index (χ2n) is 3.69. The van der Waals surface area contributed by atoms with Crippen LogP contribution < -0.4 is 5.32 Å². The Balaban J connectivity index is 2.47. The van der Waals surface area contributed by atoms with Crippen LogP contribution in [-0.4, -0.2) is 29.3 Å². The molecule has 2 N–H and O–H groups in total. The summed E-state index contributed by atoms with van der Waals surface area (Å²) in [4.78, 5) is 0. The van der Waals surface area contributed by atoms with Crippen molar-refractivity contribution in [1.82, 2.24) is 5.32 Å². The molecule has 1 aromatic rings. The lowest BCUT2D eigenvalue weighted by atomic mass is 10.1. The molecule has 0 fully saturated rings. The number of nitrogens with one attached hydrogen (secondary N) is 1. The van der Waals surface area contributed by atoms with E-state index in [0.717, 1.165) is 5.56 Å². The lowest BCUT2D eigenvalue weighted by Crippen LogP contribution is -2.38. The topological polar surface area (TPSA) is 45.4 Å². The van der Waals surface area contributed by atoms with Crippen molar-refractivity contribution in [2.24, 2.45) is 0 Å². The fourth-order valence-corrected chi connectivity index (χ4v) is 2.19. The van der Waals surface area contributed by atoms with Crippen molar-refractivity contribution in [2.75, 3.05) is 12.9 Å². The van der Waals surface area contributed by atoms with E-state index in [4.69, 9.17) is 9.52 Å². The van der Waals surface area contributed by atoms with Crippen LogP contribution in [0.3, 0.4) is 0 Å². The van der Waals surface area contributed by atoms with E-state index in [1.165, 1.54) is 0 Å². The SMILES string of the molecule is CSC(CO)C(C)NC(C)c1ccoc1. The maximum Gasteiger partial charge on any atom is 0.0950 e. The molecule has 0 bridgehead atoms. The average molecular weight is 229 g/mol. The minimum absolute atomic E-state index is 0.202. The van der Waals surface area contributed by atoms with E-state index < -0.39 is 0 Å². The van der Waals surface area contributed by atoms with E-state index in [1.54, 1.807) is 24.3 Å². The molecule has 15 heavy (non-hydrogen) atoms.